The number of aliphatic hydroxyl groups excluding tert-OH is 1. The normalized spacial score (nSPS) is 11.6. The van der Waals surface area contributed by atoms with Gasteiger partial charge in [-0.25, -0.2) is 0 Å². The maximum atomic E-state index is 13.8. The Kier molecular flexibility index (Phi) is 6.44. The molecule has 0 aliphatic carbocycles. The first-order chi connectivity index (χ1) is 17.4. The number of hydrogen-bond donors (Lipinski definition) is 1. The fraction of sp³-hybridized carbons (Fsp3) is 0.100. The fourth-order valence-electron chi connectivity index (χ4n) is 4.25. The van der Waals surface area contributed by atoms with Crippen LogP contribution in [0.25, 0.3) is 33.2 Å². The van der Waals surface area contributed by atoms with Crippen molar-refractivity contribution in [2.75, 3.05) is 0 Å². The second kappa shape index (κ2) is 9.84. The molecule has 0 aliphatic rings. The van der Waals surface area contributed by atoms with E-state index in [2.05, 4.69) is 4.98 Å². The van der Waals surface area contributed by atoms with Gasteiger partial charge >= 0.3 is 6.18 Å². The number of pyridine rings is 1. The Hall–Kier alpha value is -4.16. The van der Waals surface area contributed by atoms with E-state index in [1.165, 1.54) is 12.3 Å². The largest absolute Gasteiger partial charge is 0.489 e. The quantitative estimate of drug-likeness (QED) is 0.268. The fourth-order valence-corrected chi connectivity index (χ4v) is 4.25. The summed E-state index contributed by atoms with van der Waals surface area (Å²) in [5, 5.41) is 9.64. The first kappa shape index (κ1) is 23.6. The summed E-state index contributed by atoms with van der Waals surface area (Å²) >= 11 is 0. The molecule has 4 aromatic carbocycles. The molecule has 3 nitrogen and oxygen atoms in total. The monoisotopic (exact) mass is 485 g/mol. The number of alkyl halides is 3. The molecule has 0 unspecified atom stereocenters. The molecule has 5 aromatic rings. The van der Waals surface area contributed by atoms with Gasteiger partial charge in [0.2, 0.25) is 0 Å². The molecular weight excluding hydrogens is 463 g/mol. The molecule has 0 bridgehead atoms. The number of fused-ring (bicyclic) bond motifs is 1. The van der Waals surface area contributed by atoms with Gasteiger partial charge in [0.1, 0.15) is 12.4 Å². The highest BCUT2D eigenvalue weighted by atomic mass is 19.4. The summed E-state index contributed by atoms with van der Waals surface area (Å²) < 4.78 is 47.3. The molecule has 6 heteroatoms. The zero-order chi connectivity index (χ0) is 25.1. The molecule has 1 aromatic heterocycles. The van der Waals surface area contributed by atoms with Crippen molar-refractivity contribution in [1.29, 1.82) is 0 Å². The third kappa shape index (κ3) is 4.81. The number of nitrogens with zero attached hydrogens (tertiary/aromatic N) is 1. The first-order valence-corrected chi connectivity index (χ1v) is 11.4. The SMILES string of the molecule is OCc1ccc(COc2cccc(-c3c(-c4ccccc4)cnc4c(C(F)(F)F)cccc34)c2)cc1. The lowest BCUT2D eigenvalue weighted by Crippen LogP contribution is -2.07. The third-order valence-corrected chi connectivity index (χ3v) is 6.02. The van der Waals surface area contributed by atoms with E-state index in [1.54, 1.807) is 6.07 Å². The number of aromatic nitrogens is 1. The van der Waals surface area contributed by atoms with Gasteiger partial charge in [-0.3, -0.25) is 4.98 Å². The number of halogens is 3. The highest BCUT2D eigenvalue weighted by Crippen LogP contribution is 2.42. The van der Waals surface area contributed by atoms with Gasteiger partial charge in [-0.2, -0.15) is 13.2 Å². The number of aliphatic hydroxyl groups is 1. The van der Waals surface area contributed by atoms with E-state index < -0.39 is 11.7 Å². The van der Waals surface area contributed by atoms with Crippen molar-refractivity contribution in [3.05, 3.63) is 120 Å². The highest BCUT2D eigenvalue weighted by Gasteiger charge is 2.33. The van der Waals surface area contributed by atoms with E-state index in [9.17, 15) is 18.3 Å². The summed E-state index contributed by atoms with van der Waals surface area (Å²) in [7, 11) is 0. The van der Waals surface area contributed by atoms with Gasteiger partial charge in [0.25, 0.3) is 0 Å². The number of ether oxygens (including phenoxy) is 1. The van der Waals surface area contributed by atoms with Crippen LogP contribution in [0.1, 0.15) is 16.7 Å². The topological polar surface area (TPSA) is 42.4 Å². The summed E-state index contributed by atoms with van der Waals surface area (Å²) in [6.07, 6.45) is -3.01. The summed E-state index contributed by atoms with van der Waals surface area (Å²) in [4.78, 5) is 4.25. The zero-order valence-electron chi connectivity index (χ0n) is 19.2. The summed E-state index contributed by atoms with van der Waals surface area (Å²) in [6.45, 7) is 0.291. The lowest BCUT2D eigenvalue weighted by Gasteiger charge is -2.17. The van der Waals surface area contributed by atoms with Gasteiger partial charge < -0.3 is 9.84 Å². The second-order valence-corrected chi connectivity index (χ2v) is 8.40. The average molecular weight is 486 g/mol. The standard InChI is InChI=1S/C30H22F3NO2/c31-30(32,33)27-11-5-10-25-28(26(17-34-29(25)27)22-6-2-1-3-7-22)23-8-4-9-24(16-23)36-19-21-14-12-20(18-35)13-15-21/h1-17,35H,18-19H2. The summed E-state index contributed by atoms with van der Waals surface area (Å²) in [5.41, 5.74) is 3.89. The van der Waals surface area contributed by atoms with Gasteiger partial charge in [0.15, 0.2) is 0 Å². The molecule has 36 heavy (non-hydrogen) atoms. The molecule has 5 rings (SSSR count). The number of hydrogen-bond acceptors (Lipinski definition) is 3. The van der Waals surface area contributed by atoms with Gasteiger partial charge in [-0.05, 0) is 40.5 Å². The second-order valence-electron chi connectivity index (χ2n) is 8.40. The van der Waals surface area contributed by atoms with Crippen LogP contribution in [0, 0.1) is 0 Å². The average Bonchev–Trinajstić information content (AvgIpc) is 2.91. The van der Waals surface area contributed by atoms with Crippen LogP contribution in [0.2, 0.25) is 0 Å². The van der Waals surface area contributed by atoms with Crippen LogP contribution in [-0.4, -0.2) is 10.1 Å². The molecule has 0 aliphatic heterocycles. The lowest BCUT2D eigenvalue weighted by atomic mass is 9.91. The maximum absolute atomic E-state index is 13.8. The van der Waals surface area contributed by atoms with Crippen molar-refractivity contribution in [3.8, 4) is 28.0 Å². The summed E-state index contributed by atoms with van der Waals surface area (Å²) in [5.74, 6) is 0.592. The molecular formula is C30H22F3NO2. The molecule has 0 saturated carbocycles. The van der Waals surface area contributed by atoms with Crippen molar-refractivity contribution >= 4 is 10.9 Å². The van der Waals surface area contributed by atoms with Crippen molar-refractivity contribution in [2.24, 2.45) is 0 Å². The number of benzene rings is 4. The minimum Gasteiger partial charge on any atom is -0.489 e. The van der Waals surface area contributed by atoms with Gasteiger partial charge in [0.05, 0.1) is 17.7 Å². The smallest absolute Gasteiger partial charge is 0.418 e. The Balaban J connectivity index is 1.61. The molecule has 0 spiro atoms. The summed E-state index contributed by atoms with van der Waals surface area (Å²) in [6, 6.07) is 28.4. The molecule has 1 heterocycles. The van der Waals surface area contributed by atoms with E-state index in [1.807, 2.05) is 78.9 Å². The van der Waals surface area contributed by atoms with Crippen LogP contribution in [0.5, 0.6) is 5.75 Å². The van der Waals surface area contributed by atoms with Gasteiger partial charge in [-0.1, -0.05) is 78.9 Å². The van der Waals surface area contributed by atoms with E-state index in [0.717, 1.165) is 33.9 Å². The molecule has 1 N–H and O–H groups in total. The van der Waals surface area contributed by atoms with Gasteiger partial charge in [-0.15, -0.1) is 0 Å². The third-order valence-electron chi connectivity index (χ3n) is 6.02. The molecule has 0 amide bonds. The lowest BCUT2D eigenvalue weighted by molar-refractivity contribution is -0.136. The Morgan fingerprint density at radius 2 is 1.44 bits per heavy atom. The van der Waals surface area contributed by atoms with E-state index >= 15 is 0 Å². The minimum atomic E-state index is -4.52. The van der Waals surface area contributed by atoms with Crippen molar-refractivity contribution < 1.29 is 23.0 Å². The van der Waals surface area contributed by atoms with Crippen LogP contribution in [0.4, 0.5) is 13.2 Å². The van der Waals surface area contributed by atoms with Crippen molar-refractivity contribution in [3.63, 3.8) is 0 Å². The van der Waals surface area contributed by atoms with Crippen molar-refractivity contribution in [2.45, 2.75) is 19.4 Å². The Morgan fingerprint density at radius 3 is 2.17 bits per heavy atom. The van der Waals surface area contributed by atoms with Crippen molar-refractivity contribution in [1.82, 2.24) is 4.98 Å². The van der Waals surface area contributed by atoms with Crippen LogP contribution in [0.3, 0.4) is 0 Å². The van der Waals surface area contributed by atoms with Crippen LogP contribution in [0.15, 0.2) is 103 Å². The predicted molar refractivity (Wildman–Crippen MR) is 134 cm³/mol. The molecule has 0 saturated heterocycles. The maximum Gasteiger partial charge on any atom is 0.418 e. The molecule has 180 valence electrons. The van der Waals surface area contributed by atoms with E-state index in [0.29, 0.717) is 23.3 Å². The van der Waals surface area contributed by atoms with E-state index in [-0.39, 0.29) is 12.1 Å². The van der Waals surface area contributed by atoms with E-state index in [4.69, 9.17) is 4.74 Å². The molecule has 0 radical (unpaired) electrons. The zero-order valence-corrected chi connectivity index (χ0v) is 19.2. The highest BCUT2D eigenvalue weighted by molar-refractivity contribution is 6.03. The van der Waals surface area contributed by atoms with Crippen LogP contribution >= 0.6 is 0 Å². The van der Waals surface area contributed by atoms with Gasteiger partial charge in [0, 0.05) is 22.7 Å². The van der Waals surface area contributed by atoms with Crippen LogP contribution in [-0.2, 0) is 19.4 Å². The van der Waals surface area contributed by atoms with Crippen LogP contribution < -0.4 is 4.74 Å². The molecule has 0 fully saturated rings. The Bertz CT molecular complexity index is 1500. The molecule has 0 atom stereocenters. The first-order valence-electron chi connectivity index (χ1n) is 11.4. The number of rotatable bonds is 6. The minimum absolute atomic E-state index is 0.0249. The number of para-hydroxylation sites is 1. The predicted octanol–water partition coefficient (Wildman–Crippen LogP) is 7.66. The Morgan fingerprint density at radius 1 is 0.750 bits per heavy atom. The Labute approximate surface area is 206 Å².